The van der Waals surface area contributed by atoms with Gasteiger partial charge in [-0.25, -0.2) is 0 Å². The third kappa shape index (κ3) is 2.13. The molecular weight excluding hydrogens is 122 g/mol. The van der Waals surface area contributed by atoms with E-state index in [0.717, 1.165) is 12.8 Å². The average Bonchev–Trinajstić information content (AvgIpc) is 1.90. The molecule has 59 valence electrons. The minimum absolute atomic E-state index is 0.205. The smallest absolute Gasteiger partial charge is 0.00115 e. The maximum Gasteiger partial charge on any atom is -0.00115 e. The zero-order valence-corrected chi connectivity index (χ0v) is 7.28. The molecule has 0 aliphatic carbocycles. The van der Waals surface area contributed by atoms with Crippen LogP contribution in [-0.2, 0) is 0 Å². The summed E-state index contributed by atoms with van der Waals surface area (Å²) in [6.45, 7) is 10.3. The van der Waals surface area contributed by atoms with Gasteiger partial charge in [-0.3, -0.25) is 0 Å². The van der Waals surface area contributed by atoms with Gasteiger partial charge in [0, 0.05) is 0 Å². The monoisotopic (exact) mass is 140 g/mol. The zero-order chi connectivity index (χ0) is 8.20. The topological polar surface area (TPSA) is 23.9 Å². The molecule has 0 amide bonds. The average molecular weight is 140 g/mol. The maximum atomic E-state index is 7.17. The van der Waals surface area contributed by atoms with E-state index in [-0.39, 0.29) is 5.41 Å². The Hall–Kier alpha value is -0.330. The molecule has 0 saturated carbocycles. The molecule has 0 aliphatic heterocycles. The van der Waals surface area contributed by atoms with Crippen LogP contribution in [0.25, 0.3) is 0 Å². The van der Waals surface area contributed by atoms with Gasteiger partial charge in [-0.2, -0.15) is 0 Å². The second-order valence-electron chi connectivity index (χ2n) is 3.42. The fourth-order valence-corrected chi connectivity index (χ4v) is 1.08. The van der Waals surface area contributed by atoms with E-state index in [1.165, 1.54) is 0 Å². The van der Waals surface area contributed by atoms with E-state index >= 15 is 0 Å². The number of hydrogen-bond donors (Lipinski definition) is 1. The Labute approximate surface area is 64.3 Å². The number of hydrogen-bond acceptors (Lipinski definition) is 1. The van der Waals surface area contributed by atoms with Crippen molar-refractivity contribution in [2.45, 2.75) is 33.6 Å². The summed E-state index contributed by atoms with van der Waals surface area (Å²) in [6.07, 6.45) is 3.50. The van der Waals surface area contributed by atoms with Gasteiger partial charge in [0.05, 0.1) is 0 Å². The van der Waals surface area contributed by atoms with Crippen molar-refractivity contribution in [1.29, 1.82) is 5.41 Å². The predicted octanol–water partition coefficient (Wildman–Crippen LogP) is 2.91. The van der Waals surface area contributed by atoms with Crippen LogP contribution >= 0.6 is 0 Å². The first-order chi connectivity index (χ1) is 4.58. The van der Waals surface area contributed by atoms with E-state index in [1.54, 1.807) is 6.21 Å². The van der Waals surface area contributed by atoms with Crippen LogP contribution in [0.15, 0.2) is 0 Å². The third-order valence-electron chi connectivity index (χ3n) is 2.29. The van der Waals surface area contributed by atoms with Gasteiger partial charge < -0.3 is 5.41 Å². The van der Waals surface area contributed by atoms with Crippen LogP contribution in [0.2, 0.25) is 0 Å². The summed E-state index contributed by atoms with van der Waals surface area (Å²) in [7, 11) is 0. The SMILES string of the molecule is [CH2]CC(C)(C)[C@@H](C=N)CC. The van der Waals surface area contributed by atoms with Gasteiger partial charge >= 0.3 is 0 Å². The van der Waals surface area contributed by atoms with Crippen LogP contribution in [0.5, 0.6) is 0 Å². The highest BCUT2D eigenvalue weighted by molar-refractivity contribution is 5.57. The van der Waals surface area contributed by atoms with Crippen LogP contribution in [0, 0.1) is 23.7 Å². The van der Waals surface area contributed by atoms with Crippen molar-refractivity contribution >= 4 is 6.21 Å². The Balaban J connectivity index is 4.10. The molecule has 0 bridgehead atoms. The predicted molar refractivity (Wildman–Crippen MR) is 46.3 cm³/mol. The minimum Gasteiger partial charge on any atom is -0.313 e. The van der Waals surface area contributed by atoms with Crippen molar-refractivity contribution in [3.8, 4) is 0 Å². The van der Waals surface area contributed by atoms with E-state index in [0.29, 0.717) is 5.92 Å². The van der Waals surface area contributed by atoms with Crippen LogP contribution < -0.4 is 0 Å². The van der Waals surface area contributed by atoms with E-state index in [1.807, 2.05) is 0 Å². The second kappa shape index (κ2) is 3.75. The standard InChI is InChI=1S/C9H18N/c1-5-8(7-10)9(3,4)6-2/h7-8,10H,2,5-6H2,1,3-4H3/t8-/m1/s1. The fraction of sp³-hybridized carbons (Fsp3) is 0.778. The Morgan fingerprint density at radius 1 is 1.60 bits per heavy atom. The second-order valence-corrected chi connectivity index (χ2v) is 3.42. The summed E-state index contributed by atoms with van der Waals surface area (Å²) < 4.78 is 0. The van der Waals surface area contributed by atoms with Crippen LogP contribution in [0.4, 0.5) is 0 Å². The molecule has 0 spiro atoms. The summed E-state index contributed by atoms with van der Waals surface area (Å²) in [5.41, 5.74) is 0.205. The first-order valence-corrected chi connectivity index (χ1v) is 3.88. The third-order valence-corrected chi connectivity index (χ3v) is 2.29. The Morgan fingerprint density at radius 2 is 2.10 bits per heavy atom. The molecule has 0 aromatic heterocycles. The van der Waals surface area contributed by atoms with Gasteiger partial charge in [0.25, 0.3) is 0 Å². The molecule has 1 radical (unpaired) electrons. The summed E-state index contributed by atoms with van der Waals surface area (Å²) in [5, 5.41) is 7.17. The van der Waals surface area contributed by atoms with Crippen LogP contribution in [0.1, 0.15) is 33.6 Å². The quantitative estimate of drug-likeness (QED) is 0.580. The lowest BCUT2D eigenvalue weighted by Gasteiger charge is -2.29. The molecule has 10 heavy (non-hydrogen) atoms. The largest absolute Gasteiger partial charge is 0.313 e. The van der Waals surface area contributed by atoms with Gasteiger partial charge in [-0.15, -0.1) is 0 Å². The molecule has 1 heteroatoms. The van der Waals surface area contributed by atoms with Crippen molar-refractivity contribution in [2.75, 3.05) is 0 Å². The number of nitrogens with one attached hydrogen (secondary N) is 1. The lowest BCUT2D eigenvalue weighted by atomic mass is 9.76. The zero-order valence-electron chi connectivity index (χ0n) is 7.28. The van der Waals surface area contributed by atoms with Gasteiger partial charge in [0.1, 0.15) is 0 Å². The first-order valence-electron chi connectivity index (χ1n) is 3.88. The van der Waals surface area contributed by atoms with Crippen LogP contribution in [-0.4, -0.2) is 6.21 Å². The minimum atomic E-state index is 0.205. The van der Waals surface area contributed by atoms with Gasteiger partial charge in [0.2, 0.25) is 0 Å². The molecule has 0 saturated heterocycles. The molecule has 1 atom stereocenters. The molecule has 1 N–H and O–H groups in total. The van der Waals surface area contributed by atoms with Crippen molar-refractivity contribution in [1.82, 2.24) is 0 Å². The van der Waals surface area contributed by atoms with E-state index < -0.39 is 0 Å². The van der Waals surface area contributed by atoms with Crippen molar-refractivity contribution in [3.63, 3.8) is 0 Å². The van der Waals surface area contributed by atoms with Gasteiger partial charge in [-0.1, -0.05) is 27.7 Å². The molecule has 0 aromatic rings. The fourth-order valence-electron chi connectivity index (χ4n) is 1.08. The van der Waals surface area contributed by atoms with E-state index in [4.69, 9.17) is 5.41 Å². The molecular formula is C9H18N. The van der Waals surface area contributed by atoms with E-state index in [2.05, 4.69) is 27.7 Å². The normalized spacial score (nSPS) is 14.8. The molecule has 0 aromatic carbocycles. The Bertz CT molecular complexity index is 105. The molecule has 0 heterocycles. The highest BCUT2D eigenvalue weighted by atomic mass is 14.4. The highest BCUT2D eigenvalue weighted by Gasteiger charge is 2.23. The molecule has 0 unspecified atom stereocenters. The lowest BCUT2D eigenvalue weighted by molar-refractivity contribution is 0.277. The Kier molecular flexibility index (Phi) is 3.62. The number of rotatable bonds is 4. The van der Waals surface area contributed by atoms with Crippen molar-refractivity contribution < 1.29 is 0 Å². The van der Waals surface area contributed by atoms with Crippen molar-refractivity contribution in [2.24, 2.45) is 11.3 Å². The molecule has 0 fully saturated rings. The first kappa shape index (κ1) is 9.67. The van der Waals surface area contributed by atoms with Crippen molar-refractivity contribution in [3.05, 3.63) is 6.92 Å². The summed E-state index contributed by atoms with van der Waals surface area (Å²) in [5.74, 6) is 0.394. The van der Waals surface area contributed by atoms with Gasteiger partial charge in [0.15, 0.2) is 0 Å². The summed E-state index contributed by atoms with van der Waals surface area (Å²) in [4.78, 5) is 0. The van der Waals surface area contributed by atoms with Crippen LogP contribution in [0.3, 0.4) is 0 Å². The summed E-state index contributed by atoms with van der Waals surface area (Å²) >= 11 is 0. The maximum absolute atomic E-state index is 7.17. The van der Waals surface area contributed by atoms with Gasteiger partial charge in [-0.05, 0) is 30.4 Å². The highest BCUT2D eigenvalue weighted by Crippen LogP contribution is 2.30. The Morgan fingerprint density at radius 3 is 2.20 bits per heavy atom. The molecule has 0 rings (SSSR count). The lowest BCUT2D eigenvalue weighted by Crippen LogP contribution is -2.23. The molecule has 1 nitrogen and oxygen atoms in total. The van der Waals surface area contributed by atoms with E-state index in [9.17, 15) is 0 Å². The molecule has 0 aliphatic rings. The summed E-state index contributed by atoms with van der Waals surface area (Å²) in [6, 6.07) is 0.